The summed E-state index contributed by atoms with van der Waals surface area (Å²) in [4.78, 5) is 4.05. The molecule has 1 heterocycles. The summed E-state index contributed by atoms with van der Waals surface area (Å²) in [5.74, 6) is 1.14. The van der Waals surface area contributed by atoms with Gasteiger partial charge >= 0.3 is 0 Å². The summed E-state index contributed by atoms with van der Waals surface area (Å²) < 4.78 is 5.61. The Morgan fingerprint density at radius 2 is 2.12 bits per heavy atom. The number of anilines is 1. The molecular formula is C13H13ClN2O. The lowest BCUT2D eigenvalue weighted by Gasteiger charge is -2.07. The number of pyridine rings is 1. The number of halogens is 1. The van der Waals surface area contributed by atoms with Crippen molar-refractivity contribution in [1.29, 1.82) is 0 Å². The average molecular weight is 249 g/mol. The van der Waals surface area contributed by atoms with Crippen molar-refractivity contribution in [1.82, 2.24) is 4.98 Å². The molecule has 1 aromatic heterocycles. The van der Waals surface area contributed by atoms with E-state index in [2.05, 4.69) is 11.9 Å². The van der Waals surface area contributed by atoms with Gasteiger partial charge in [-0.15, -0.1) is 0 Å². The highest BCUT2D eigenvalue weighted by Gasteiger charge is 2.02. The minimum absolute atomic E-state index is 0.326. The molecule has 2 N–H and O–H groups in total. The van der Waals surface area contributed by atoms with Gasteiger partial charge in [-0.1, -0.05) is 30.7 Å². The van der Waals surface area contributed by atoms with Crippen LogP contribution in [0.15, 0.2) is 36.4 Å². The van der Waals surface area contributed by atoms with Crippen LogP contribution in [-0.2, 0) is 6.42 Å². The number of rotatable bonds is 3. The van der Waals surface area contributed by atoms with Crippen LogP contribution < -0.4 is 10.5 Å². The van der Waals surface area contributed by atoms with Gasteiger partial charge in [0, 0.05) is 11.8 Å². The van der Waals surface area contributed by atoms with Crippen LogP contribution in [0.25, 0.3) is 0 Å². The van der Waals surface area contributed by atoms with Crippen molar-refractivity contribution in [2.45, 2.75) is 13.3 Å². The van der Waals surface area contributed by atoms with Crippen LogP contribution in [0, 0.1) is 0 Å². The highest BCUT2D eigenvalue weighted by Crippen LogP contribution is 2.24. The van der Waals surface area contributed by atoms with Crippen molar-refractivity contribution in [2.75, 3.05) is 5.73 Å². The molecule has 0 saturated heterocycles. The van der Waals surface area contributed by atoms with Crippen LogP contribution in [-0.4, -0.2) is 4.98 Å². The summed E-state index contributed by atoms with van der Waals surface area (Å²) in [6.45, 7) is 2.09. The SMILES string of the molecule is CCc1cccc(Oc2cc(N)cc(Cl)n2)c1. The van der Waals surface area contributed by atoms with E-state index < -0.39 is 0 Å². The van der Waals surface area contributed by atoms with E-state index in [0.29, 0.717) is 16.7 Å². The van der Waals surface area contributed by atoms with Crippen LogP contribution in [0.3, 0.4) is 0 Å². The van der Waals surface area contributed by atoms with Crippen LogP contribution in [0.4, 0.5) is 5.69 Å². The van der Waals surface area contributed by atoms with E-state index in [9.17, 15) is 0 Å². The molecule has 0 saturated carbocycles. The molecule has 4 heteroatoms. The number of nitrogen functional groups attached to an aromatic ring is 1. The van der Waals surface area contributed by atoms with Crippen molar-refractivity contribution in [3.05, 3.63) is 47.1 Å². The highest BCUT2D eigenvalue weighted by molar-refractivity contribution is 6.29. The Morgan fingerprint density at radius 3 is 2.82 bits per heavy atom. The predicted molar refractivity (Wildman–Crippen MR) is 69.6 cm³/mol. The fourth-order valence-corrected chi connectivity index (χ4v) is 1.70. The lowest BCUT2D eigenvalue weighted by molar-refractivity contribution is 0.463. The minimum atomic E-state index is 0.326. The molecule has 0 atom stereocenters. The molecule has 2 aromatic rings. The van der Waals surface area contributed by atoms with Crippen molar-refractivity contribution < 1.29 is 4.74 Å². The summed E-state index contributed by atoms with van der Waals surface area (Å²) in [7, 11) is 0. The molecule has 0 aliphatic heterocycles. The Bertz CT molecular complexity index is 508. The molecule has 0 fully saturated rings. The Hall–Kier alpha value is -1.74. The van der Waals surface area contributed by atoms with Gasteiger partial charge in [0.2, 0.25) is 5.88 Å². The predicted octanol–water partition coefficient (Wildman–Crippen LogP) is 3.67. The van der Waals surface area contributed by atoms with Crippen molar-refractivity contribution in [3.63, 3.8) is 0 Å². The zero-order valence-electron chi connectivity index (χ0n) is 9.48. The molecule has 1 aromatic carbocycles. The zero-order chi connectivity index (χ0) is 12.3. The Kier molecular flexibility index (Phi) is 3.49. The van der Waals surface area contributed by atoms with E-state index >= 15 is 0 Å². The van der Waals surface area contributed by atoms with E-state index in [0.717, 1.165) is 12.2 Å². The van der Waals surface area contributed by atoms with Crippen molar-refractivity contribution >= 4 is 17.3 Å². The standard InChI is InChI=1S/C13H13ClN2O/c1-2-9-4-3-5-11(6-9)17-13-8-10(15)7-12(14)16-13/h3-8H,2H2,1H3,(H2,15,16). The van der Waals surface area contributed by atoms with E-state index in [4.69, 9.17) is 22.1 Å². The molecule has 0 aliphatic rings. The van der Waals surface area contributed by atoms with Gasteiger partial charge in [-0.2, -0.15) is 0 Å². The van der Waals surface area contributed by atoms with E-state index in [1.165, 1.54) is 5.56 Å². The Morgan fingerprint density at radius 1 is 1.29 bits per heavy atom. The van der Waals surface area contributed by atoms with Gasteiger partial charge in [0.15, 0.2) is 0 Å². The number of nitrogens with two attached hydrogens (primary N) is 1. The number of aryl methyl sites for hydroxylation is 1. The largest absolute Gasteiger partial charge is 0.439 e. The third kappa shape index (κ3) is 3.11. The molecule has 0 aliphatic carbocycles. The van der Waals surface area contributed by atoms with Gasteiger partial charge in [0.1, 0.15) is 10.9 Å². The summed E-state index contributed by atoms with van der Waals surface area (Å²) in [6.07, 6.45) is 0.961. The molecular weight excluding hydrogens is 236 g/mol. The van der Waals surface area contributed by atoms with Crippen LogP contribution in [0.5, 0.6) is 11.6 Å². The van der Waals surface area contributed by atoms with Crippen LogP contribution in [0.1, 0.15) is 12.5 Å². The monoisotopic (exact) mass is 248 g/mol. The van der Waals surface area contributed by atoms with E-state index in [-0.39, 0.29) is 0 Å². The summed E-state index contributed by atoms with van der Waals surface area (Å²) in [5.41, 5.74) is 7.40. The number of hydrogen-bond acceptors (Lipinski definition) is 3. The lowest BCUT2D eigenvalue weighted by atomic mass is 10.2. The smallest absolute Gasteiger partial charge is 0.222 e. The Labute approximate surface area is 105 Å². The van der Waals surface area contributed by atoms with E-state index in [1.54, 1.807) is 12.1 Å². The second kappa shape index (κ2) is 5.06. The highest BCUT2D eigenvalue weighted by atomic mass is 35.5. The second-order valence-electron chi connectivity index (χ2n) is 3.66. The van der Waals surface area contributed by atoms with Gasteiger partial charge in [0.05, 0.1) is 0 Å². The topological polar surface area (TPSA) is 48.1 Å². The zero-order valence-corrected chi connectivity index (χ0v) is 10.2. The quantitative estimate of drug-likeness (QED) is 0.843. The summed E-state index contributed by atoms with van der Waals surface area (Å²) in [5, 5.41) is 0.326. The van der Waals surface area contributed by atoms with Crippen molar-refractivity contribution in [2.24, 2.45) is 0 Å². The molecule has 0 bridgehead atoms. The summed E-state index contributed by atoms with van der Waals surface area (Å²) in [6, 6.07) is 11.1. The van der Waals surface area contributed by atoms with Gasteiger partial charge in [-0.25, -0.2) is 4.98 Å². The molecule has 88 valence electrons. The first-order valence-corrected chi connectivity index (χ1v) is 5.75. The van der Waals surface area contributed by atoms with Gasteiger partial charge < -0.3 is 10.5 Å². The maximum Gasteiger partial charge on any atom is 0.222 e. The molecule has 3 nitrogen and oxygen atoms in total. The summed E-state index contributed by atoms with van der Waals surface area (Å²) >= 11 is 5.80. The number of benzene rings is 1. The molecule has 0 amide bonds. The average Bonchev–Trinajstić information content (AvgIpc) is 2.28. The minimum Gasteiger partial charge on any atom is -0.439 e. The molecule has 0 spiro atoms. The molecule has 2 rings (SSSR count). The normalized spacial score (nSPS) is 10.2. The molecule has 17 heavy (non-hydrogen) atoms. The number of aromatic nitrogens is 1. The van der Waals surface area contributed by atoms with Crippen LogP contribution in [0.2, 0.25) is 5.15 Å². The van der Waals surface area contributed by atoms with Gasteiger partial charge in [-0.3, -0.25) is 0 Å². The Balaban J connectivity index is 2.24. The first-order chi connectivity index (χ1) is 8.17. The third-order valence-electron chi connectivity index (χ3n) is 2.32. The molecule has 0 unspecified atom stereocenters. The number of ether oxygens (including phenoxy) is 1. The maximum atomic E-state index is 5.80. The fraction of sp³-hybridized carbons (Fsp3) is 0.154. The maximum absolute atomic E-state index is 5.80. The van der Waals surface area contributed by atoms with Gasteiger partial charge in [0.25, 0.3) is 0 Å². The van der Waals surface area contributed by atoms with Gasteiger partial charge in [-0.05, 0) is 30.2 Å². The van der Waals surface area contributed by atoms with Crippen molar-refractivity contribution in [3.8, 4) is 11.6 Å². The fourth-order valence-electron chi connectivity index (χ4n) is 1.49. The lowest BCUT2D eigenvalue weighted by Crippen LogP contribution is -1.92. The molecule has 0 radical (unpaired) electrons. The van der Waals surface area contributed by atoms with Crippen LogP contribution >= 0.6 is 11.6 Å². The third-order valence-corrected chi connectivity index (χ3v) is 2.52. The first kappa shape index (κ1) is 11.7. The van der Waals surface area contributed by atoms with E-state index in [1.807, 2.05) is 24.3 Å². The number of nitrogens with zero attached hydrogens (tertiary/aromatic N) is 1. The first-order valence-electron chi connectivity index (χ1n) is 5.37. The number of hydrogen-bond donors (Lipinski definition) is 1. The second-order valence-corrected chi connectivity index (χ2v) is 4.05.